The fourth-order valence-electron chi connectivity index (χ4n) is 2.10. The van der Waals surface area contributed by atoms with Crippen LogP contribution in [-0.4, -0.2) is 22.6 Å². The summed E-state index contributed by atoms with van der Waals surface area (Å²) in [5.74, 6) is 0.695. The van der Waals surface area contributed by atoms with E-state index in [1.165, 1.54) is 11.8 Å². The van der Waals surface area contributed by atoms with E-state index in [0.717, 1.165) is 5.56 Å². The molecule has 19 heavy (non-hydrogen) atoms. The summed E-state index contributed by atoms with van der Waals surface area (Å²) in [6.45, 7) is 0. The van der Waals surface area contributed by atoms with Crippen LogP contribution in [0.4, 0.5) is 13.2 Å². The highest BCUT2D eigenvalue weighted by molar-refractivity contribution is 8.14. The highest BCUT2D eigenvalue weighted by Gasteiger charge is 2.64. The summed E-state index contributed by atoms with van der Waals surface area (Å²) >= 11 is 1.37. The van der Waals surface area contributed by atoms with E-state index < -0.39 is 11.7 Å². The van der Waals surface area contributed by atoms with Crippen molar-refractivity contribution >= 4 is 16.9 Å². The molecule has 1 fully saturated rings. The molecule has 1 aromatic rings. The Kier molecular flexibility index (Phi) is 3.00. The van der Waals surface area contributed by atoms with Gasteiger partial charge in [-0.05, 0) is 18.4 Å². The summed E-state index contributed by atoms with van der Waals surface area (Å²) in [6, 6.07) is 9.61. The minimum absolute atomic E-state index is 0.0438. The SMILES string of the molecule is FC(F)(F)C1(NC2=NC(c3ccccc3)CS2)CC1. The van der Waals surface area contributed by atoms with Crippen LogP contribution >= 0.6 is 11.8 Å². The minimum atomic E-state index is -4.19. The summed E-state index contributed by atoms with van der Waals surface area (Å²) in [6.07, 6.45) is -3.90. The minimum Gasteiger partial charge on any atom is -0.351 e. The third-order valence-corrected chi connectivity index (χ3v) is 4.44. The van der Waals surface area contributed by atoms with Crippen LogP contribution in [-0.2, 0) is 0 Å². The maximum Gasteiger partial charge on any atom is 0.411 e. The zero-order chi connectivity index (χ0) is 13.5. The maximum atomic E-state index is 12.8. The number of nitrogens with zero attached hydrogens (tertiary/aromatic N) is 1. The molecule has 1 aromatic carbocycles. The van der Waals surface area contributed by atoms with Crippen molar-refractivity contribution in [2.24, 2.45) is 4.99 Å². The first-order chi connectivity index (χ1) is 9.00. The van der Waals surface area contributed by atoms with Gasteiger partial charge in [-0.25, -0.2) is 0 Å². The van der Waals surface area contributed by atoms with Crippen molar-refractivity contribution in [3.8, 4) is 0 Å². The van der Waals surface area contributed by atoms with Gasteiger partial charge in [-0.3, -0.25) is 4.99 Å². The Bertz CT molecular complexity index is 494. The molecule has 1 atom stereocenters. The first-order valence-corrected chi connectivity index (χ1v) is 7.09. The number of hydrogen-bond acceptors (Lipinski definition) is 3. The second-order valence-electron chi connectivity index (χ2n) is 4.88. The van der Waals surface area contributed by atoms with Crippen molar-refractivity contribution < 1.29 is 13.2 Å². The fourth-order valence-corrected chi connectivity index (χ4v) is 3.15. The van der Waals surface area contributed by atoms with Crippen LogP contribution in [0.3, 0.4) is 0 Å². The molecule has 3 rings (SSSR count). The number of thioether (sulfide) groups is 1. The number of halogens is 3. The van der Waals surface area contributed by atoms with Gasteiger partial charge in [-0.1, -0.05) is 42.1 Å². The van der Waals surface area contributed by atoms with E-state index in [1.54, 1.807) is 0 Å². The molecule has 1 aliphatic heterocycles. The largest absolute Gasteiger partial charge is 0.411 e. The second kappa shape index (κ2) is 4.44. The molecule has 2 nitrogen and oxygen atoms in total. The second-order valence-corrected chi connectivity index (χ2v) is 5.89. The lowest BCUT2D eigenvalue weighted by Crippen LogP contribution is -2.46. The summed E-state index contributed by atoms with van der Waals surface area (Å²) in [5, 5.41) is 3.01. The van der Waals surface area contributed by atoms with Gasteiger partial charge in [0.2, 0.25) is 0 Å². The first kappa shape index (κ1) is 12.8. The van der Waals surface area contributed by atoms with Crippen LogP contribution in [0.15, 0.2) is 35.3 Å². The molecule has 0 saturated heterocycles. The molecule has 1 N–H and O–H groups in total. The van der Waals surface area contributed by atoms with E-state index in [1.807, 2.05) is 30.3 Å². The lowest BCUT2D eigenvalue weighted by Gasteiger charge is -2.21. The van der Waals surface area contributed by atoms with Gasteiger partial charge in [0, 0.05) is 5.75 Å². The standard InChI is InChI=1S/C13H13F3N2S/c14-13(15,16)12(6-7-12)18-11-17-10(8-19-11)9-4-2-1-3-5-9/h1-5,10H,6-8H2,(H,17,18). The summed E-state index contributed by atoms with van der Waals surface area (Å²) in [5.41, 5.74) is -0.673. The highest BCUT2D eigenvalue weighted by Crippen LogP contribution is 2.49. The van der Waals surface area contributed by atoms with E-state index in [0.29, 0.717) is 10.9 Å². The molecule has 6 heteroatoms. The zero-order valence-electron chi connectivity index (χ0n) is 10.1. The van der Waals surface area contributed by atoms with Crippen molar-refractivity contribution in [2.45, 2.75) is 30.6 Å². The number of aliphatic imine (C=N–C) groups is 1. The molecule has 1 aliphatic carbocycles. The average molecular weight is 286 g/mol. The molecular formula is C13H13F3N2S. The van der Waals surface area contributed by atoms with E-state index in [4.69, 9.17) is 0 Å². The Morgan fingerprint density at radius 1 is 1.21 bits per heavy atom. The topological polar surface area (TPSA) is 24.4 Å². The number of alkyl halides is 3. The molecule has 102 valence electrons. The Labute approximate surface area is 113 Å². The number of amidine groups is 1. The monoisotopic (exact) mass is 286 g/mol. The fraction of sp³-hybridized carbons (Fsp3) is 0.462. The van der Waals surface area contributed by atoms with E-state index in [2.05, 4.69) is 10.3 Å². The van der Waals surface area contributed by atoms with E-state index in [9.17, 15) is 13.2 Å². The summed E-state index contributed by atoms with van der Waals surface area (Å²) in [7, 11) is 0. The molecule has 1 unspecified atom stereocenters. The normalized spacial score (nSPS) is 25.0. The van der Waals surface area contributed by atoms with Gasteiger partial charge >= 0.3 is 6.18 Å². The third-order valence-electron chi connectivity index (χ3n) is 3.47. The quantitative estimate of drug-likeness (QED) is 0.899. The summed E-state index contributed by atoms with van der Waals surface area (Å²) in [4.78, 5) is 4.37. The first-order valence-electron chi connectivity index (χ1n) is 6.11. The Hall–Kier alpha value is -1.17. The summed E-state index contributed by atoms with van der Waals surface area (Å²) < 4.78 is 38.5. The zero-order valence-corrected chi connectivity index (χ0v) is 10.9. The lowest BCUT2D eigenvalue weighted by atomic mass is 10.1. The molecule has 0 bridgehead atoms. The average Bonchev–Trinajstić information content (AvgIpc) is 3.01. The van der Waals surface area contributed by atoms with Gasteiger partial charge in [0.15, 0.2) is 5.17 Å². The van der Waals surface area contributed by atoms with Gasteiger partial charge in [-0.2, -0.15) is 13.2 Å². The highest BCUT2D eigenvalue weighted by atomic mass is 32.2. The van der Waals surface area contributed by atoms with E-state index >= 15 is 0 Å². The maximum absolute atomic E-state index is 12.8. The number of benzene rings is 1. The van der Waals surface area contributed by atoms with Crippen LogP contribution in [0, 0.1) is 0 Å². The van der Waals surface area contributed by atoms with Gasteiger partial charge in [-0.15, -0.1) is 0 Å². The van der Waals surface area contributed by atoms with E-state index in [-0.39, 0.29) is 18.9 Å². The van der Waals surface area contributed by atoms with Crippen LogP contribution in [0.5, 0.6) is 0 Å². The van der Waals surface area contributed by atoms with Crippen LogP contribution < -0.4 is 5.32 Å². The third kappa shape index (κ3) is 2.45. The lowest BCUT2D eigenvalue weighted by molar-refractivity contribution is -0.161. The number of hydrogen-bond donors (Lipinski definition) is 1. The van der Waals surface area contributed by atoms with Crippen molar-refractivity contribution in [3.63, 3.8) is 0 Å². The van der Waals surface area contributed by atoms with Crippen molar-refractivity contribution in [3.05, 3.63) is 35.9 Å². The molecule has 0 radical (unpaired) electrons. The van der Waals surface area contributed by atoms with Crippen molar-refractivity contribution in [2.75, 3.05) is 5.75 Å². The molecule has 0 spiro atoms. The Balaban J connectivity index is 1.71. The number of nitrogens with one attached hydrogen (secondary N) is 1. The van der Waals surface area contributed by atoms with Gasteiger partial charge in [0.05, 0.1) is 6.04 Å². The van der Waals surface area contributed by atoms with Gasteiger partial charge in [0.25, 0.3) is 0 Å². The molecule has 2 aliphatic rings. The van der Waals surface area contributed by atoms with Crippen LogP contribution in [0.1, 0.15) is 24.4 Å². The Morgan fingerprint density at radius 3 is 2.47 bits per heavy atom. The van der Waals surface area contributed by atoms with Gasteiger partial charge < -0.3 is 5.32 Å². The molecule has 0 aromatic heterocycles. The molecule has 1 heterocycles. The molecular weight excluding hydrogens is 273 g/mol. The van der Waals surface area contributed by atoms with Gasteiger partial charge in [0.1, 0.15) is 5.54 Å². The molecule has 1 saturated carbocycles. The molecule has 0 amide bonds. The Morgan fingerprint density at radius 2 is 1.89 bits per heavy atom. The predicted octanol–water partition coefficient (Wildman–Crippen LogP) is 3.52. The number of rotatable bonds is 2. The van der Waals surface area contributed by atoms with Crippen molar-refractivity contribution in [1.82, 2.24) is 5.32 Å². The van der Waals surface area contributed by atoms with Crippen LogP contribution in [0.2, 0.25) is 0 Å². The predicted molar refractivity (Wildman–Crippen MR) is 70.2 cm³/mol. The van der Waals surface area contributed by atoms with Crippen molar-refractivity contribution in [1.29, 1.82) is 0 Å². The van der Waals surface area contributed by atoms with Crippen LogP contribution in [0.25, 0.3) is 0 Å². The smallest absolute Gasteiger partial charge is 0.351 e.